The zero-order valence-corrected chi connectivity index (χ0v) is 22.9. The number of amides is 2. The lowest BCUT2D eigenvalue weighted by atomic mass is 9.92. The van der Waals surface area contributed by atoms with E-state index < -0.39 is 17.7 Å². The maximum Gasteiger partial charge on any atom is 0.416 e. The summed E-state index contributed by atoms with van der Waals surface area (Å²) in [5, 5.41) is 5.53. The van der Waals surface area contributed by atoms with Crippen LogP contribution < -0.4 is 16.4 Å². The van der Waals surface area contributed by atoms with Crippen LogP contribution in [0, 0.1) is 0 Å². The molecule has 3 aromatic rings. The Hall–Kier alpha value is -4.15. The molecule has 10 heteroatoms. The fourth-order valence-electron chi connectivity index (χ4n) is 5.47. The molecule has 2 fully saturated rings. The average molecular weight is 579 g/mol. The molecule has 1 unspecified atom stereocenters. The third-order valence-corrected chi connectivity index (χ3v) is 7.73. The molecule has 3 atom stereocenters. The van der Waals surface area contributed by atoms with Crippen LogP contribution in [0.4, 0.5) is 30.2 Å². The summed E-state index contributed by atoms with van der Waals surface area (Å²) in [4.78, 5) is 28.2. The number of nitrogens with one attached hydrogen (secondary N) is 2. The minimum atomic E-state index is -4.45. The summed E-state index contributed by atoms with van der Waals surface area (Å²) in [6.45, 7) is 2.49. The van der Waals surface area contributed by atoms with Crippen LogP contribution in [0.5, 0.6) is 0 Å². The minimum Gasteiger partial charge on any atom is -0.397 e. The van der Waals surface area contributed by atoms with Gasteiger partial charge in [-0.25, -0.2) is 0 Å². The third kappa shape index (κ3) is 7.37. The zero-order chi connectivity index (χ0) is 29.7. The number of anilines is 3. The molecule has 0 radical (unpaired) electrons. The van der Waals surface area contributed by atoms with Gasteiger partial charge in [-0.05, 0) is 79.4 Å². The molecular formula is C32H33F3N4O3. The van der Waals surface area contributed by atoms with Crippen molar-refractivity contribution in [2.75, 3.05) is 36.1 Å². The Morgan fingerprint density at radius 3 is 2.40 bits per heavy atom. The average Bonchev–Trinajstić information content (AvgIpc) is 3.59. The summed E-state index contributed by atoms with van der Waals surface area (Å²) in [5.74, 6) is -1.12. The van der Waals surface area contributed by atoms with Gasteiger partial charge in [-0.1, -0.05) is 36.4 Å². The minimum absolute atomic E-state index is 0.288. The lowest BCUT2D eigenvalue weighted by molar-refractivity contribution is -0.137. The number of morpholine rings is 1. The molecule has 3 aromatic carbocycles. The summed E-state index contributed by atoms with van der Waals surface area (Å²) in [7, 11) is 0. The molecule has 0 aliphatic carbocycles. The topological polar surface area (TPSA) is 96.7 Å². The van der Waals surface area contributed by atoms with Crippen LogP contribution in [0.25, 0.3) is 6.08 Å². The number of likely N-dealkylation sites (tertiary alicyclic amines) is 1. The van der Waals surface area contributed by atoms with Gasteiger partial charge in [0.1, 0.15) is 0 Å². The molecular weight excluding hydrogens is 545 g/mol. The molecule has 220 valence electrons. The Bertz CT molecular complexity index is 1420. The second-order valence-corrected chi connectivity index (χ2v) is 10.7. The molecule has 2 aliphatic heterocycles. The predicted molar refractivity (Wildman–Crippen MR) is 157 cm³/mol. The number of para-hydroxylation sites is 2. The van der Waals surface area contributed by atoms with Crippen molar-refractivity contribution in [3.05, 3.63) is 95.6 Å². The van der Waals surface area contributed by atoms with Crippen LogP contribution in [-0.2, 0) is 20.5 Å². The first-order valence-corrected chi connectivity index (χ1v) is 13.9. The van der Waals surface area contributed by atoms with Crippen LogP contribution in [0.1, 0.15) is 41.9 Å². The van der Waals surface area contributed by atoms with Crippen molar-refractivity contribution < 1.29 is 27.5 Å². The molecule has 0 aromatic heterocycles. The molecule has 4 N–H and O–H groups in total. The number of carbonyl (C=O) groups is 2. The SMILES string of the molecule is Nc1ccccc1NC(=O)/C=C/c1ccc(C(CCCN2C[C@H]3C[C@@H]2CO3)C(=O)Nc2ccc(C(F)(F)F)cc2)cc1. The number of nitrogen functional groups attached to an aromatic ring is 1. The van der Waals surface area contributed by atoms with E-state index >= 15 is 0 Å². The van der Waals surface area contributed by atoms with E-state index in [4.69, 9.17) is 10.5 Å². The van der Waals surface area contributed by atoms with Gasteiger partial charge < -0.3 is 21.1 Å². The molecule has 2 bridgehead atoms. The summed E-state index contributed by atoms with van der Waals surface area (Å²) in [6.07, 6.45) is 1.31. The summed E-state index contributed by atoms with van der Waals surface area (Å²) >= 11 is 0. The number of halogens is 3. The highest BCUT2D eigenvalue weighted by atomic mass is 19.4. The normalized spacial score (nSPS) is 19.2. The second-order valence-electron chi connectivity index (χ2n) is 10.7. The van der Waals surface area contributed by atoms with E-state index in [1.165, 1.54) is 18.2 Å². The molecule has 2 heterocycles. The number of nitrogens with zero attached hydrogens (tertiary/aromatic N) is 1. The number of nitrogens with two attached hydrogens (primary N) is 1. The van der Waals surface area contributed by atoms with Crippen LogP contribution in [0.3, 0.4) is 0 Å². The van der Waals surface area contributed by atoms with Crippen LogP contribution >= 0.6 is 0 Å². The van der Waals surface area contributed by atoms with E-state index in [9.17, 15) is 22.8 Å². The lowest BCUT2D eigenvalue weighted by Gasteiger charge is -2.27. The van der Waals surface area contributed by atoms with Gasteiger partial charge in [0.25, 0.3) is 0 Å². The molecule has 2 aliphatic rings. The third-order valence-electron chi connectivity index (χ3n) is 7.73. The number of ether oxygens (including phenoxy) is 1. The lowest BCUT2D eigenvalue weighted by Crippen LogP contribution is -2.37. The highest BCUT2D eigenvalue weighted by Gasteiger charge is 2.38. The molecule has 0 saturated carbocycles. The van der Waals surface area contributed by atoms with E-state index in [1.807, 2.05) is 24.3 Å². The van der Waals surface area contributed by atoms with Crippen LogP contribution in [0.15, 0.2) is 78.9 Å². The first-order valence-electron chi connectivity index (χ1n) is 13.9. The molecule has 42 heavy (non-hydrogen) atoms. The highest BCUT2D eigenvalue weighted by Crippen LogP contribution is 2.32. The van der Waals surface area contributed by atoms with Crippen molar-refractivity contribution in [1.82, 2.24) is 4.90 Å². The number of rotatable bonds is 10. The van der Waals surface area contributed by atoms with Gasteiger partial charge in [-0.2, -0.15) is 13.2 Å². The van der Waals surface area contributed by atoms with Crippen molar-refractivity contribution >= 4 is 35.0 Å². The number of hydrogen-bond donors (Lipinski definition) is 3. The highest BCUT2D eigenvalue weighted by molar-refractivity contribution is 6.03. The van der Waals surface area contributed by atoms with E-state index in [-0.39, 0.29) is 11.8 Å². The van der Waals surface area contributed by atoms with Crippen molar-refractivity contribution in [3.8, 4) is 0 Å². The summed E-state index contributed by atoms with van der Waals surface area (Å²) in [5.41, 5.74) is 7.95. The molecule has 2 amide bonds. The number of hydrogen-bond acceptors (Lipinski definition) is 5. The smallest absolute Gasteiger partial charge is 0.397 e. The van der Waals surface area contributed by atoms with Gasteiger partial charge in [-0.3, -0.25) is 14.5 Å². The van der Waals surface area contributed by atoms with Gasteiger partial charge in [0.15, 0.2) is 0 Å². The first kappa shape index (κ1) is 29.3. The van der Waals surface area contributed by atoms with Crippen molar-refractivity contribution in [1.29, 1.82) is 0 Å². The Morgan fingerprint density at radius 2 is 1.76 bits per heavy atom. The number of benzene rings is 3. The quantitative estimate of drug-likeness (QED) is 0.205. The van der Waals surface area contributed by atoms with Gasteiger partial charge in [-0.15, -0.1) is 0 Å². The van der Waals surface area contributed by atoms with Crippen LogP contribution in [-0.4, -0.2) is 48.6 Å². The Kier molecular flexibility index (Phi) is 8.94. The maximum absolute atomic E-state index is 13.4. The van der Waals surface area contributed by atoms with Crippen molar-refractivity contribution in [2.24, 2.45) is 0 Å². The first-order chi connectivity index (χ1) is 20.2. The Balaban J connectivity index is 1.25. The number of fused-ring (bicyclic) bond motifs is 2. The van der Waals surface area contributed by atoms with Gasteiger partial charge in [0, 0.05) is 24.4 Å². The molecule has 7 nitrogen and oxygen atoms in total. The fraction of sp³-hybridized carbons (Fsp3) is 0.312. The Labute approximate surface area is 242 Å². The number of alkyl halides is 3. The van der Waals surface area contributed by atoms with E-state index in [0.717, 1.165) is 55.8 Å². The van der Waals surface area contributed by atoms with Gasteiger partial charge in [0.2, 0.25) is 11.8 Å². The van der Waals surface area contributed by atoms with E-state index in [1.54, 1.807) is 30.3 Å². The van der Waals surface area contributed by atoms with E-state index in [0.29, 0.717) is 35.6 Å². The molecule has 0 spiro atoms. The van der Waals surface area contributed by atoms with Crippen molar-refractivity contribution in [2.45, 2.75) is 43.5 Å². The van der Waals surface area contributed by atoms with Gasteiger partial charge in [0.05, 0.1) is 35.6 Å². The monoisotopic (exact) mass is 578 g/mol. The largest absolute Gasteiger partial charge is 0.416 e. The van der Waals surface area contributed by atoms with Gasteiger partial charge >= 0.3 is 6.18 Å². The predicted octanol–water partition coefficient (Wildman–Crippen LogP) is 5.92. The summed E-state index contributed by atoms with van der Waals surface area (Å²) in [6, 6.07) is 19.2. The second kappa shape index (κ2) is 12.8. The summed E-state index contributed by atoms with van der Waals surface area (Å²) < 4.78 is 44.6. The Morgan fingerprint density at radius 1 is 1.02 bits per heavy atom. The fourth-order valence-corrected chi connectivity index (χ4v) is 5.47. The maximum atomic E-state index is 13.4. The number of carbonyl (C=O) groups excluding carboxylic acids is 2. The standard InChI is InChI=1S/C32H33F3N4O3/c33-32(34,35)23-12-14-24(15-13-23)37-31(41)27(4-3-17-39-19-26-18-25(39)20-42-26)22-10-7-21(8-11-22)9-16-30(40)38-29-6-2-1-5-28(29)36/h1-2,5-16,25-27H,3-4,17-20,36H2,(H,37,41)(H,38,40)/b16-9+/t25-,26-,27?/m1/s1. The van der Waals surface area contributed by atoms with Crippen LogP contribution in [0.2, 0.25) is 0 Å². The van der Waals surface area contributed by atoms with E-state index in [2.05, 4.69) is 15.5 Å². The molecule has 2 saturated heterocycles. The molecule has 5 rings (SSSR count). The zero-order valence-electron chi connectivity index (χ0n) is 22.9. The van der Waals surface area contributed by atoms with Crippen molar-refractivity contribution in [3.63, 3.8) is 0 Å².